The summed E-state index contributed by atoms with van der Waals surface area (Å²) in [6, 6.07) is 3.85. The minimum atomic E-state index is -3.72. The quantitative estimate of drug-likeness (QED) is 0.162. The van der Waals surface area contributed by atoms with Gasteiger partial charge in [-0.15, -0.1) is 0 Å². The molecule has 46 heavy (non-hydrogen) atoms. The second-order valence-corrected chi connectivity index (χ2v) is 22.6. The summed E-state index contributed by atoms with van der Waals surface area (Å²) in [5, 5.41) is 0.868. The molecule has 1 unspecified atom stereocenters. The molecule has 1 aliphatic heterocycles. The van der Waals surface area contributed by atoms with Crippen LogP contribution >= 0.6 is 35.3 Å². The van der Waals surface area contributed by atoms with Gasteiger partial charge in [-0.2, -0.15) is 4.42 Å². The van der Waals surface area contributed by atoms with Crippen LogP contribution in [0.1, 0.15) is 109 Å². The summed E-state index contributed by atoms with van der Waals surface area (Å²) in [5.41, 5.74) is 2.58. The molecule has 6 nitrogen and oxygen atoms in total. The Morgan fingerprint density at radius 3 is 1.70 bits per heavy atom. The first kappa shape index (κ1) is 40.5. The van der Waals surface area contributed by atoms with Gasteiger partial charge in [0, 0.05) is 20.6 Å². The number of hydrogen-bond acceptors (Lipinski definition) is 7. The van der Waals surface area contributed by atoms with Crippen LogP contribution < -0.4 is 4.72 Å². The molecule has 0 fully saturated rings. The molecule has 0 bridgehead atoms. The Kier molecular flexibility index (Phi) is 12.7. The van der Waals surface area contributed by atoms with Crippen molar-refractivity contribution in [2.75, 3.05) is 0 Å². The zero-order chi connectivity index (χ0) is 34.3. The highest BCUT2D eigenvalue weighted by atomic mass is 32.2. The van der Waals surface area contributed by atoms with Crippen LogP contribution in [0.3, 0.4) is 0 Å². The summed E-state index contributed by atoms with van der Waals surface area (Å²) in [6.07, 6.45) is 8.32. The molecule has 10 heteroatoms. The second kappa shape index (κ2) is 14.4. The Morgan fingerprint density at radius 2 is 1.30 bits per heavy atom. The fraction of sp³-hybridized carbons (Fsp3) is 0.556. The number of carbonyl (C=O) groups is 1. The van der Waals surface area contributed by atoms with Crippen molar-refractivity contribution in [2.24, 2.45) is 10.8 Å². The van der Waals surface area contributed by atoms with E-state index in [4.69, 9.17) is 4.42 Å². The second-order valence-electron chi connectivity index (χ2n) is 15.8. The maximum Gasteiger partial charge on any atom is 0.389 e. The Hall–Kier alpha value is -1.72. The minimum absolute atomic E-state index is 0. The summed E-state index contributed by atoms with van der Waals surface area (Å²) < 4.78 is 35.6. The number of sulfonamides is 1. The lowest BCUT2D eigenvalue weighted by molar-refractivity contribution is -0.112. The van der Waals surface area contributed by atoms with Crippen LogP contribution in [-0.4, -0.2) is 34.4 Å². The summed E-state index contributed by atoms with van der Waals surface area (Å²) in [5.74, 6) is -0.185. The van der Waals surface area contributed by atoms with Gasteiger partial charge < -0.3 is 5.48 Å². The Morgan fingerprint density at radius 1 is 0.848 bits per heavy atom. The van der Waals surface area contributed by atoms with E-state index in [1.807, 2.05) is 25.1 Å². The maximum atomic E-state index is 13.9. The molecule has 0 radical (unpaired) electrons. The van der Waals surface area contributed by atoms with Crippen molar-refractivity contribution in [2.45, 2.75) is 128 Å². The van der Waals surface area contributed by atoms with Crippen LogP contribution in [0.5, 0.6) is 0 Å². The SMILES string of the molecule is CCC(C)S(=O)(=O)NC1=C(C=C2C=C(C(C)(C)C)SC(C(C)(C)C)=C2)C(=O)C1=Cc1cc(SC(C)(C)C)[o+]c(SC(C)(C)C)c1.[OH-]. The third kappa shape index (κ3) is 10.9. The summed E-state index contributed by atoms with van der Waals surface area (Å²) in [4.78, 5) is 16.3. The molecule has 1 aromatic heterocycles. The lowest BCUT2D eigenvalue weighted by Gasteiger charge is -2.32. The van der Waals surface area contributed by atoms with Crippen LogP contribution in [0.15, 0.2) is 77.2 Å². The highest BCUT2D eigenvalue weighted by molar-refractivity contribution is 8.06. The van der Waals surface area contributed by atoms with E-state index in [0.717, 1.165) is 21.3 Å². The highest BCUT2D eigenvalue weighted by Gasteiger charge is 2.37. The predicted molar refractivity (Wildman–Crippen MR) is 199 cm³/mol. The number of carbonyl (C=O) groups excluding carboxylic acids is 1. The van der Waals surface area contributed by atoms with E-state index < -0.39 is 15.3 Å². The van der Waals surface area contributed by atoms with Crippen LogP contribution in [-0.2, 0) is 14.8 Å². The van der Waals surface area contributed by atoms with Gasteiger partial charge in [-0.25, -0.2) is 8.42 Å². The van der Waals surface area contributed by atoms with E-state index in [1.54, 1.807) is 48.3 Å². The molecular weight excluding hydrogens is 655 g/mol. The van der Waals surface area contributed by atoms with Crippen molar-refractivity contribution in [3.8, 4) is 0 Å². The number of hydrogen-bond donors (Lipinski definition) is 1. The molecule has 2 N–H and O–H groups in total. The topological polar surface area (TPSA) is 105 Å². The van der Waals surface area contributed by atoms with Crippen molar-refractivity contribution < 1.29 is 23.1 Å². The fourth-order valence-electron chi connectivity index (χ4n) is 4.24. The number of ketones is 1. The minimum Gasteiger partial charge on any atom is -0.870 e. The van der Waals surface area contributed by atoms with Crippen molar-refractivity contribution in [1.29, 1.82) is 0 Å². The van der Waals surface area contributed by atoms with Gasteiger partial charge in [0.15, 0.2) is 5.78 Å². The average Bonchev–Trinajstić information content (AvgIpc) is 2.85. The van der Waals surface area contributed by atoms with Gasteiger partial charge in [-0.3, -0.25) is 9.52 Å². The third-order valence-electron chi connectivity index (χ3n) is 6.88. The smallest absolute Gasteiger partial charge is 0.389 e. The average molecular weight is 708 g/mol. The molecular formula is C36H53NO5S4. The van der Waals surface area contributed by atoms with Gasteiger partial charge >= 0.3 is 10.2 Å². The molecule has 1 atom stereocenters. The monoisotopic (exact) mass is 707 g/mol. The van der Waals surface area contributed by atoms with E-state index >= 15 is 0 Å². The van der Waals surface area contributed by atoms with Crippen LogP contribution in [0.25, 0.3) is 6.08 Å². The molecule has 0 amide bonds. The van der Waals surface area contributed by atoms with Gasteiger partial charge in [0.25, 0.3) is 0 Å². The molecule has 1 aliphatic carbocycles. The molecule has 2 aliphatic rings. The Balaban J connectivity index is 0.00000736. The molecule has 3 rings (SSSR count). The van der Waals surface area contributed by atoms with Gasteiger partial charge in [0.05, 0.1) is 23.1 Å². The van der Waals surface area contributed by atoms with Crippen molar-refractivity contribution in [3.05, 3.63) is 68.2 Å². The largest absolute Gasteiger partial charge is 0.870 e. The summed E-state index contributed by atoms with van der Waals surface area (Å²) >= 11 is 5.00. The van der Waals surface area contributed by atoms with Gasteiger partial charge in [0.1, 0.15) is 0 Å². The third-order valence-corrected chi connectivity index (χ3v) is 12.7. The van der Waals surface area contributed by atoms with Crippen LogP contribution in [0.2, 0.25) is 0 Å². The zero-order valence-electron chi connectivity index (χ0n) is 30.0. The van der Waals surface area contributed by atoms with E-state index in [1.165, 1.54) is 9.81 Å². The van der Waals surface area contributed by atoms with Crippen LogP contribution in [0.4, 0.5) is 0 Å². The molecule has 2 heterocycles. The maximum absolute atomic E-state index is 13.9. The number of thioether (sulfide) groups is 3. The fourth-order valence-corrected chi connectivity index (χ4v) is 8.54. The first-order valence-corrected chi connectivity index (χ1v) is 19.5. The van der Waals surface area contributed by atoms with Crippen molar-refractivity contribution >= 4 is 57.2 Å². The Labute approximate surface area is 290 Å². The molecule has 256 valence electrons. The molecule has 0 saturated heterocycles. The summed E-state index contributed by atoms with van der Waals surface area (Å²) in [6.45, 7) is 29.3. The van der Waals surface area contributed by atoms with E-state index in [9.17, 15) is 13.2 Å². The van der Waals surface area contributed by atoms with Gasteiger partial charge in [-0.1, -0.05) is 102 Å². The zero-order valence-corrected chi connectivity index (χ0v) is 33.2. The van der Waals surface area contributed by atoms with E-state index in [2.05, 4.69) is 100.0 Å². The Bertz CT molecular complexity index is 1530. The van der Waals surface area contributed by atoms with Gasteiger partial charge in [-0.05, 0) is 92.9 Å². The molecule has 1 aromatic rings. The highest BCUT2D eigenvalue weighted by Crippen LogP contribution is 2.49. The standard InChI is InChI=1S/C36H51NO4S4.H2O/c1-15-22(2)45(39,40)37-31-25(16-23-18-27(33(3,4)5)42-28(19-23)34(6,7)8)32(38)26(31)17-24-20-29(43-35(9,10)11)41-30(21-24)44-36(12,13)14;/h16-22H,15H2,1-14H3;1H2. The van der Waals surface area contributed by atoms with Crippen molar-refractivity contribution in [3.63, 3.8) is 0 Å². The van der Waals surface area contributed by atoms with E-state index in [-0.39, 0.29) is 31.6 Å². The first-order chi connectivity index (χ1) is 20.3. The van der Waals surface area contributed by atoms with Crippen LogP contribution in [0, 0.1) is 10.8 Å². The molecule has 0 aromatic carbocycles. The van der Waals surface area contributed by atoms with Gasteiger partial charge in [0.2, 0.25) is 10.0 Å². The number of rotatable bonds is 8. The first-order valence-electron chi connectivity index (χ1n) is 15.5. The molecule has 0 saturated carbocycles. The number of nitrogens with one attached hydrogen (secondary N) is 1. The predicted octanol–water partition coefficient (Wildman–Crippen LogP) is 10.6. The van der Waals surface area contributed by atoms with Crippen molar-refractivity contribution in [1.82, 2.24) is 4.72 Å². The molecule has 0 spiro atoms. The lowest BCUT2D eigenvalue weighted by atomic mass is 9.83. The lowest BCUT2D eigenvalue weighted by Crippen LogP contribution is -2.38. The normalized spacial score (nSPS) is 18.1. The number of Topliss-reactive ketones (excluding diaryl/α,β-unsaturated/α-hetero) is 1. The summed E-state index contributed by atoms with van der Waals surface area (Å²) in [7, 11) is -3.72. The van der Waals surface area contributed by atoms with E-state index in [0.29, 0.717) is 23.3 Å². The number of allylic oxidation sites excluding steroid dienone is 8.